The van der Waals surface area contributed by atoms with Gasteiger partial charge in [-0.05, 0) is 43.3 Å². The second-order valence-corrected chi connectivity index (χ2v) is 6.59. The van der Waals surface area contributed by atoms with Gasteiger partial charge < -0.3 is 15.4 Å². The highest BCUT2D eigenvalue weighted by atomic mass is 32.1. The van der Waals surface area contributed by atoms with E-state index in [0.29, 0.717) is 27.9 Å². The largest absolute Gasteiger partial charge is 0.465 e. The second-order valence-electron chi connectivity index (χ2n) is 5.73. The van der Waals surface area contributed by atoms with Crippen LogP contribution in [0.2, 0.25) is 0 Å². The van der Waals surface area contributed by atoms with Crippen LogP contribution in [0.4, 0.5) is 16.6 Å². The Morgan fingerprint density at radius 1 is 1.11 bits per heavy atom. The molecule has 27 heavy (non-hydrogen) atoms. The van der Waals surface area contributed by atoms with Crippen molar-refractivity contribution in [1.82, 2.24) is 9.97 Å². The summed E-state index contributed by atoms with van der Waals surface area (Å²) >= 11 is 1.41. The first-order valence-corrected chi connectivity index (χ1v) is 9.05. The molecule has 0 unspecified atom stereocenters. The van der Waals surface area contributed by atoms with Gasteiger partial charge in [-0.25, -0.2) is 14.8 Å². The molecule has 1 aromatic carbocycles. The molecule has 0 atom stereocenters. The topological polar surface area (TPSA) is 93.2 Å². The fraction of sp³-hybridized carbons (Fsp3) is 0.158. The summed E-state index contributed by atoms with van der Waals surface area (Å²) in [6.07, 6.45) is 0.151. The third kappa shape index (κ3) is 5.11. The van der Waals surface area contributed by atoms with Crippen molar-refractivity contribution in [3.8, 4) is 0 Å². The van der Waals surface area contributed by atoms with Crippen molar-refractivity contribution in [2.75, 3.05) is 17.7 Å². The first-order chi connectivity index (χ1) is 13.0. The molecule has 7 nitrogen and oxygen atoms in total. The Bertz CT molecular complexity index is 954. The number of ether oxygens (including phenoxy) is 1. The van der Waals surface area contributed by atoms with Crippen molar-refractivity contribution < 1.29 is 14.3 Å². The highest BCUT2D eigenvalue weighted by Crippen LogP contribution is 2.20. The van der Waals surface area contributed by atoms with Crippen molar-refractivity contribution in [2.45, 2.75) is 13.3 Å². The van der Waals surface area contributed by atoms with Crippen LogP contribution < -0.4 is 10.6 Å². The van der Waals surface area contributed by atoms with E-state index in [0.717, 1.165) is 5.69 Å². The molecule has 0 radical (unpaired) electrons. The number of methoxy groups -OCH3 is 1. The van der Waals surface area contributed by atoms with Gasteiger partial charge in [-0.2, -0.15) is 0 Å². The van der Waals surface area contributed by atoms with E-state index in [1.165, 1.54) is 18.4 Å². The molecule has 3 aromatic rings. The predicted octanol–water partition coefficient (Wildman–Crippen LogP) is 3.56. The normalized spacial score (nSPS) is 10.3. The van der Waals surface area contributed by atoms with Gasteiger partial charge in [0.05, 0.1) is 24.8 Å². The van der Waals surface area contributed by atoms with Crippen LogP contribution in [0.25, 0.3) is 0 Å². The van der Waals surface area contributed by atoms with Crippen LogP contribution in [0, 0.1) is 6.92 Å². The lowest BCUT2D eigenvalue weighted by Gasteiger charge is -2.05. The Kier molecular flexibility index (Phi) is 5.77. The fourth-order valence-corrected chi connectivity index (χ4v) is 3.06. The predicted molar refractivity (Wildman–Crippen MR) is 104 cm³/mol. The summed E-state index contributed by atoms with van der Waals surface area (Å²) in [5.41, 5.74) is 2.61. The number of amides is 1. The maximum absolute atomic E-state index is 12.2. The van der Waals surface area contributed by atoms with Crippen LogP contribution in [-0.2, 0) is 16.0 Å². The zero-order chi connectivity index (χ0) is 19.2. The van der Waals surface area contributed by atoms with Crippen LogP contribution in [0.3, 0.4) is 0 Å². The molecular weight excluding hydrogens is 364 g/mol. The minimum absolute atomic E-state index is 0.151. The molecule has 0 bridgehead atoms. The van der Waals surface area contributed by atoms with Gasteiger partial charge in [0.25, 0.3) is 0 Å². The molecule has 0 aliphatic rings. The Labute approximate surface area is 160 Å². The molecule has 1 amide bonds. The summed E-state index contributed by atoms with van der Waals surface area (Å²) in [6.45, 7) is 1.92. The lowest BCUT2D eigenvalue weighted by Crippen LogP contribution is -2.14. The molecule has 0 saturated heterocycles. The number of esters is 1. The average molecular weight is 382 g/mol. The number of thiazole rings is 1. The lowest BCUT2D eigenvalue weighted by molar-refractivity contribution is -0.115. The molecule has 3 rings (SSSR count). The van der Waals surface area contributed by atoms with Crippen molar-refractivity contribution in [2.24, 2.45) is 0 Å². The number of nitrogens with one attached hydrogen (secondary N) is 2. The summed E-state index contributed by atoms with van der Waals surface area (Å²) < 4.78 is 4.64. The van der Waals surface area contributed by atoms with E-state index in [9.17, 15) is 9.59 Å². The molecule has 0 saturated carbocycles. The molecular formula is C19H18N4O3S. The Morgan fingerprint density at radius 2 is 1.89 bits per heavy atom. The van der Waals surface area contributed by atoms with Gasteiger partial charge in [0.1, 0.15) is 5.82 Å². The first kappa shape index (κ1) is 18.5. The van der Waals surface area contributed by atoms with Crippen LogP contribution >= 0.6 is 11.3 Å². The van der Waals surface area contributed by atoms with Crippen LogP contribution in [-0.4, -0.2) is 29.0 Å². The van der Waals surface area contributed by atoms with Gasteiger partial charge in [-0.1, -0.05) is 6.07 Å². The zero-order valence-electron chi connectivity index (χ0n) is 14.9. The van der Waals surface area contributed by atoms with Crippen molar-refractivity contribution in [3.63, 3.8) is 0 Å². The van der Waals surface area contributed by atoms with Crippen LogP contribution in [0.5, 0.6) is 0 Å². The summed E-state index contributed by atoms with van der Waals surface area (Å²) in [5.74, 6) is 0.107. The molecule has 2 aromatic heterocycles. The first-order valence-electron chi connectivity index (χ1n) is 8.17. The highest BCUT2D eigenvalue weighted by molar-refractivity contribution is 7.13. The SMILES string of the molecule is COC(=O)c1ccc(NC(=O)Cc2csc(Nc3cccc(C)n3)n2)cc1. The van der Waals surface area contributed by atoms with Crippen LogP contribution in [0.15, 0.2) is 47.8 Å². The Balaban J connectivity index is 1.57. The third-order valence-electron chi connectivity index (χ3n) is 3.61. The maximum atomic E-state index is 12.2. The third-order valence-corrected chi connectivity index (χ3v) is 4.41. The standard InChI is InChI=1S/C19H18N4O3S/c1-12-4-3-5-16(20-12)23-19-22-15(11-27-19)10-17(24)21-14-8-6-13(7-9-14)18(25)26-2/h3-9,11H,10H2,1-2H3,(H,21,24)(H,20,22,23). The van der Waals surface area contributed by atoms with E-state index < -0.39 is 5.97 Å². The number of anilines is 3. The average Bonchev–Trinajstić information content (AvgIpc) is 3.08. The summed E-state index contributed by atoms with van der Waals surface area (Å²) in [4.78, 5) is 32.4. The molecule has 0 fully saturated rings. The minimum Gasteiger partial charge on any atom is -0.465 e. The van der Waals surface area contributed by atoms with Gasteiger partial charge in [-0.3, -0.25) is 4.79 Å². The highest BCUT2D eigenvalue weighted by Gasteiger charge is 2.10. The number of hydrogen-bond donors (Lipinski definition) is 2. The number of aromatic nitrogens is 2. The molecule has 2 heterocycles. The summed E-state index contributed by atoms with van der Waals surface area (Å²) in [5, 5.41) is 8.42. The molecule has 0 aliphatic carbocycles. The fourth-order valence-electron chi connectivity index (χ4n) is 2.34. The number of benzene rings is 1. The van der Waals surface area contributed by atoms with Gasteiger partial charge in [0, 0.05) is 16.8 Å². The smallest absolute Gasteiger partial charge is 0.337 e. The number of rotatable bonds is 6. The van der Waals surface area contributed by atoms with E-state index in [4.69, 9.17) is 0 Å². The summed E-state index contributed by atoms with van der Waals surface area (Å²) in [6, 6.07) is 12.2. The lowest BCUT2D eigenvalue weighted by atomic mass is 10.2. The van der Waals surface area contributed by atoms with Crippen LogP contribution in [0.1, 0.15) is 21.7 Å². The molecule has 0 aliphatic heterocycles. The number of aryl methyl sites for hydroxylation is 1. The molecule has 2 N–H and O–H groups in total. The number of hydrogen-bond acceptors (Lipinski definition) is 7. The van der Waals surface area contributed by atoms with Crippen molar-refractivity contribution in [1.29, 1.82) is 0 Å². The number of nitrogens with zero attached hydrogens (tertiary/aromatic N) is 2. The second kappa shape index (κ2) is 8.41. The van der Waals surface area contributed by atoms with E-state index in [-0.39, 0.29) is 12.3 Å². The van der Waals surface area contributed by atoms with E-state index in [1.54, 1.807) is 24.3 Å². The number of carbonyl (C=O) groups excluding carboxylic acids is 2. The van der Waals surface area contributed by atoms with Gasteiger partial charge in [0.15, 0.2) is 5.13 Å². The van der Waals surface area contributed by atoms with E-state index >= 15 is 0 Å². The summed E-state index contributed by atoms with van der Waals surface area (Å²) in [7, 11) is 1.32. The zero-order valence-corrected chi connectivity index (χ0v) is 15.7. The number of carbonyl (C=O) groups is 2. The Hall–Kier alpha value is -3.26. The Morgan fingerprint density at radius 3 is 2.59 bits per heavy atom. The molecule has 0 spiro atoms. The van der Waals surface area contributed by atoms with E-state index in [2.05, 4.69) is 25.3 Å². The van der Waals surface area contributed by atoms with Gasteiger partial charge >= 0.3 is 5.97 Å². The monoisotopic (exact) mass is 382 g/mol. The molecule has 138 valence electrons. The van der Waals surface area contributed by atoms with Gasteiger partial charge in [0.2, 0.25) is 5.91 Å². The quantitative estimate of drug-likeness (QED) is 0.633. The van der Waals surface area contributed by atoms with E-state index in [1.807, 2.05) is 30.5 Å². The van der Waals surface area contributed by atoms with Crippen molar-refractivity contribution in [3.05, 3.63) is 64.8 Å². The minimum atomic E-state index is -0.418. The van der Waals surface area contributed by atoms with Gasteiger partial charge in [-0.15, -0.1) is 11.3 Å². The molecule has 8 heteroatoms. The maximum Gasteiger partial charge on any atom is 0.337 e. The number of pyridine rings is 1. The van der Waals surface area contributed by atoms with Crippen molar-refractivity contribution >= 4 is 39.9 Å².